The first kappa shape index (κ1) is 27.2. The second-order valence-corrected chi connectivity index (χ2v) is 11.4. The van der Waals surface area contributed by atoms with Crippen LogP contribution in [0.5, 0.6) is 0 Å². The largest absolute Gasteiger partial charge is 0.337 e. The van der Waals surface area contributed by atoms with Gasteiger partial charge in [0.2, 0.25) is 5.91 Å². The monoisotopic (exact) mass is 518 g/mol. The van der Waals surface area contributed by atoms with Crippen LogP contribution in [0.2, 0.25) is 4.34 Å². The average molecular weight is 519 g/mol. The summed E-state index contributed by atoms with van der Waals surface area (Å²) in [7, 11) is 2.08. The van der Waals surface area contributed by atoms with Gasteiger partial charge in [-0.3, -0.25) is 14.4 Å². The standard InChI is InChI=1S/C26H35ClN4O3S/c1-6-30(5)16-19-9-7-8-14-31(19)24(33)20-11-10-18(15-17(20)2)28-25(34)26(3,4)29-23(32)21-12-13-22(27)35-21/h10-13,15,19H,6-9,14,16H2,1-5H3,(H,28,34)(H,29,32). The van der Waals surface area contributed by atoms with E-state index in [1.54, 1.807) is 44.2 Å². The molecule has 35 heavy (non-hydrogen) atoms. The number of halogens is 1. The van der Waals surface area contributed by atoms with E-state index in [9.17, 15) is 14.4 Å². The van der Waals surface area contributed by atoms with Crippen LogP contribution in [0.15, 0.2) is 30.3 Å². The van der Waals surface area contributed by atoms with Crippen LogP contribution in [-0.2, 0) is 4.79 Å². The van der Waals surface area contributed by atoms with Crippen molar-refractivity contribution in [3.63, 3.8) is 0 Å². The van der Waals surface area contributed by atoms with Crippen LogP contribution < -0.4 is 10.6 Å². The summed E-state index contributed by atoms with van der Waals surface area (Å²) in [4.78, 5) is 43.5. The number of carbonyl (C=O) groups is 3. The van der Waals surface area contributed by atoms with E-state index < -0.39 is 5.54 Å². The maximum absolute atomic E-state index is 13.4. The number of anilines is 1. The number of hydrogen-bond acceptors (Lipinski definition) is 5. The first-order valence-corrected chi connectivity index (χ1v) is 13.2. The second kappa shape index (κ2) is 11.5. The highest BCUT2D eigenvalue weighted by atomic mass is 35.5. The van der Waals surface area contributed by atoms with Gasteiger partial charge in [-0.1, -0.05) is 18.5 Å². The van der Waals surface area contributed by atoms with Crippen LogP contribution >= 0.6 is 22.9 Å². The van der Waals surface area contributed by atoms with Crippen molar-refractivity contribution in [3.8, 4) is 0 Å². The van der Waals surface area contributed by atoms with Gasteiger partial charge >= 0.3 is 0 Å². The Morgan fingerprint density at radius 1 is 1.20 bits per heavy atom. The molecule has 9 heteroatoms. The van der Waals surface area contributed by atoms with Gasteiger partial charge in [0.1, 0.15) is 5.54 Å². The predicted molar refractivity (Wildman–Crippen MR) is 143 cm³/mol. The van der Waals surface area contributed by atoms with E-state index in [1.807, 2.05) is 11.8 Å². The van der Waals surface area contributed by atoms with E-state index in [-0.39, 0.29) is 23.8 Å². The van der Waals surface area contributed by atoms with Crippen LogP contribution in [0, 0.1) is 6.92 Å². The number of rotatable bonds is 8. The minimum atomic E-state index is -1.15. The lowest BCUT2D eigenvalue weighted by molar-refractivity contribution is -0.120. The van der Waals surface area contributed by atoms with Crippen molar-refractivity contribution < 1.29 is 14.4 Å². The fourth-order valence-electron chi connectivity index (χ4n) is 4.21. The summed E-state index contributed by atoms with van der Waals surface area (Å²) >= 11 is 7.07. The van der Waals surface area contributed by atoms with Gasteiger partial charge in [0.05, 0.1) is 9.21 Å². The van der Waals surface area contributed by atoms with E-state index in [2.05, 4.69) is 29.5 Å². The molecule has 1 aliphatic rings. The van der Waals surface area contributed by atoms with Gasteiger partial charge in [-0.05, 0) is 89.5 Å². The number of nitrogens with one attached hydrogen (secondary N) is 2. The van der Waals surface area contributed by atoms with Gasteiger partial charge in [0.15, 0.2) is 0 Å². The van der Waals surface area contributed by atoms with Crippen LogP contribution in [0.25, 0.3) is 0 Å². The van der Waals surface area contributed by atoms with Gasteiger partial charge in [0, 0.05) is 30.4 Å². The Labute approximate surface area is 216 Å². The molecule has 1 saturated heterocycles. The summed E-state index contributed by atoms with van der Waals surface area (Å²) in [6, 6.07) is 8.81. The van der Waals surface area contributed by atoms with Crippen molar-refractivity contribution in [2.75, 3.05) is 32.0 Å². The van der Waals surface area contributed by atoms with E-state index in [0.717, 1.165) is 55.8 Å². The molecular formula is C26H35ClN4O3S. The number of aryl methyl sites for hydroxylation is 1. The van der Waals surface area contributed by atoms with Crippen molar-refractivity contribution in [1.29, 1.82) is 0 Å². The molecule has 0 bridgehead atoms. The fraction of sp³-hybridized carbons (Fsp3) is 0.500. The number of thiophene rings is 1. The normalized spacial score (nSPS) is 16.3. The van der Waals surface area contributed by atoms with Gasteiger partial charge in [-0.15, -0.1) is 11.3 Å². The molecule has 2 heterocycles. The number of likely N-dealkylation sites (N-methyl/N-ethyl adjacent to an activating group) is 1. The Balaban J connectivity index is 1.68. The van der Waals surface area contributed by atoms with Gasteiger partial charge in [0.25, 0.3) is 11.8 Å². The smallest absolute Gasteiger partial charge is 0.262 e. The summed E-state index contributed by atoms with van der Waals surface area (Å²) in [5.41, 5.74) is 0.876. The van der Waals surface area contributed by atoms with Gasteiger partial charge < -0.3 is 20.4 Å². The molecule has 3 rings (SSSR count). The predicted octanol–water partition coefficient (Wildman–Crippen LogP) is 4.80. The highest BCUT2D eigenvalue weighted by Gasteiger charge is 2.31. The quantitative estimate of drug-likeness (QED) is 0.525. The zero-order chi connectivity index (χ0) is 25.8. The SMILES string of the molecule is CCN(C)CC1CCCCN1C(=O)c1ccc(NC(=O)C(C)(C)NC(=O)c2ccc(Cl)s2)cc1C. The molecule has 1 aromatic carbocycles. The summed E-state index contributed by atoms with van der Waals surface area (Å²) in [6.45, 7) is 9.87. The molecule has 1 atom stereocenters. The number of carbonyl (C=O) groups excluding carboxylic acids is 3. The Morgan fingerprint density at radius 2 is 1.94 bits per heavy atom. The maximum atomic E-state index is 13.4. The zero-order valence-corrected chi connectivity index (χ0v) is 22.7. The van der Waals surface area contributed by atoms with E-state index in [1.165, 1.54) is 0 Å². The Bertz CT molecular complexity index is 1080. The van der Waals surface area contributed by atoms with Crippen LogP contribution in [0.3, 0.4) is 0 Å². The minimum Gasteiger partial charge on any atom is -0.337 e. The lowest BCUT2D eigenvalue weighted by atomic mass is 9.98. The Morgan fingerprint density at radius 3 is 2.57 bits per heavy atom. The van der Waals surface area contributed by atoms with E-state index >= 15 is 0 Å². The van der Waals surface area contributed by atoms with E-state index in [0.29, 0.717) is 20.5 Å². The van der Waals surface area contributed by atoms with Crippen molar-refractivity contribution in [3.05, 3.63) is 50.7 Å². The molecule has 0 aliphatic carbocycles. The molecule has 0 spiro atoms. The molecule has 2 N–H and O–H groups in total. The van der Waals surface area contributed by atoms with E-state index in [4.69, 9.17) is 11.6 Å². The number of amides is 3. The van der Waals surface area contributed by atoms with Crippen molar-refractivity contribution in [1.82, 2.24) is 15.1 Å². The number of likely N-dealkylation sites (tertiary alicyclic amines) is 1. The summed E-state index contributed by atoms with van der Waals surface area (Å²) in [6.07, 6.45) is 3.17. The molecule has 7 nitrogen and oxygen atoms in total. The summed E-state index contributed by atoms with van der Waals surface area (Å²) in [5, 5.41) is 5.62. The second-order valence-electron chi connectivity index (χ2n) is 9.67. The number of nitrogens with zero attached hydrogens (tertiary/aromatic N) is 2. The van der Waals surface area contributed by atoms with Crippen molar-refractivity contribution in [2.45, 2.75) is 58.5 Å². The molecule has 190 valence electrons. The van der Waals surface area contributed by atoms with Gasteiger partial charge in [-0.25, -0.2) is 0 Å². The molecular weight excluding hydrogens is 484 g/mol. The third-order valence-electron chi connectivity index (χ3n) is 6.46. The van der Waals surface area contributed by atoms with Crippen molar-refractivity contribution in [2.24, 2.45) is 0 Å². The first-order valence-electron chi connectivity index (χ1n) is 12.0. The first-order chi connectivity index (χ1) is 16.5. The number of hydrogen-bond donors (Lipinski definition) is 2. The van der Waals surface area contributed by atoms with Crippen molar-refractivity contribution >= 4 is 46.3 Å². The highest BCUT2D eigenvalue weighted by molar-refractivity contribution is 7.18. The highest BCUT2D eigenvalue weighted by Crippen LogP contribution is 2.25. The molecule has 3 amide bonds. The molecule has 1 unspecified atom stereocenters. The molecule has 1 aliphatic heterocycles. The topological polar surface area (TPSA) is 81.8 Å². The molecule has 0 radical (unpaired) electrons. The maximum Gasteiger partial charge on any atom is 0.262 e. The average Bonchev–Trinajstić information content (AvgIpc) is 3.25. The minimum absolute atomic E-state index is 0.0387. The Kier molecular flexibility index (Phi) is 8.96. The number of piperidine rings is 1. The Hall–Kier alpha value is -2.42. The fourth-order valence-corrected chi connectivity index (χ4v) is 5.15. The third kappa shape index (κ3) is 6.84. The van der Waals surface area contributed by atoms with Crippen LogP contribution in [0.4, 0.5) is 5.69 Å². The third-order valence-corrected chi connectivity index (χ3v) is 7.69. The molecule has 2 aromatic rings. The zero-order valence-electron chi connectivity index (χ0n) is 21.1. The number of benzene rings is 1. The summed E-state index contributed by atoms with van der Waals surface area (Å²) < 4.78 is 0.510. The lowest BCUT2D eigenvalue weighted by Crippen LogP contribution is -2.52. The molecule has 0 saturated carbocycles. The van der Waals surface area contributed by atoms with Crippen LogP contribution in [-0.4, -0.2) is 65.8 Å². The van der Waals surface area contributed by atoms with Crippen LogP contribution in [0.1, 0.15) is 65.6 Å². The molecule has 1 aromatic heterocycles. The molecule has 1 fully saturated rings. The lowest BCUT2D eigenvalue weighted by Gasteiger charge is -2.38. The van der Waals surface area contributed by atoms with Gasteiger partial charge in [-0.2, -0.15) is 0 Å². The summed E-state index contributed by atoms with van der Waals surface area (Å²) in [5.74, 6) is -0.675.